The monoisotopic (exact) mass is 362 g/mol. The lowest BCUT2D eigenvalue weighted by molar-refractivity contribution is 0.0768. The summed E-state index contributed by atoms with van der Waals surface area (Å²) in [7, 11) is -3.30. The Morgan fingerprint density at radius 3 is 2.44 bits per heavy atom. The third-order valence-electron chi connectivity index (χ3n) is 5.19. The van der Waals surface area contributed by atoms with E-state index in [-0.39, 0.29) is 11.2 Å². The molecule has 1 amide bonds. The molecule has 6 heteroatoms. The molecule has 1 aliphatic carbocycles. The quantitative estimate of drug-likeness (QED) is 0.880. The Labute approximate surface area is 149 Å². The fourth-order valence-electron chi connectivity index (χ4n) is 3.65. The molecule has 136 valence electrons. The van der Waals surface area contributed by atoms with E-state index in [0.717, 1.165) is 43.0 Å². The first-order chi connectivity index (χ1) is 12.0. The zero-order chi connectivity index (χ0) is 18.0. The number of aromatic nitrogens is 1. The molecule has 2 aromatic rings. The van der Waals surface area contributed by atoms with Gasteiger partial charge < -0.3 is 9.88 Å². The molecular formula is C19H26N2O3S. The van der Waals surface area contributed by atoms with Crippen molar-refractivity contribution in [2.24, 2.45) is 0 Å². The molecule has 0 saturated heterocycles. The van der Waals surface area contributed by atoms with Crippen molar-refractivity contribution in [3.8, 4) is 0 Å². The van der Waals surface area contributed by atoms with Crippen LogP contribution >= 0.6 is 0 Å². The van der Waals surface area contributed by atoms with Crippen molar-refractivity contribution in [1.29, 1.82) is 0 Å². The van der Waals surface area contributed by atoms with Crippen molar-refractivity contribution in [1.82, 2.24) is 9.88 Å². The number of sulfone groups is 1. The van der Waals surface area contributed by atoms with E-state index in [1.54, 1.807) is 29.2 Å². The van der Waals surface area contributed by atoms with Crippen molar-refractivity contribution in [2.75, 3.05) is 13.1 Å². The number of amides is 1. The highest BCUT2D eigenvalue weighted by molar-refractivity contribution is 7.92. The largest absolute Gasteiger partial charge is 0.351 e. The first-order valence-corrected chi connectivity index (χ1v) is 10.7. The van der Waals surface area contributed by atoms with Crippen LogP contribution in [0.25, 0.3) is 10.9 Å². The lowest BCUT2D eigenvalue weighted by Gasteiger charge is -2.21. The minimum absolute atomic E-state index is 0.0575. The Kier molecular flexibility index (Phi) is 5.18. The summed E-state index contributed by atoms with van der Waals surface area (Å²) in [5.41, 5.74) is 1.30. The summed E-state index contributed by atoms with van der Waals surface area (Å²) in [6.45, 7) is 5.18. The highest BCUT2D eigenvalue weighted by Crippen LogP contribution is 2.30. The fraction of sp³-hybridized carbons (Fsp3) is 0.526. The van der Waals surface area contributed by atoms with E-state index in [1.165, 1.54) is 0 Å². The van der Waals surface area contributed by atoms with Gasteiger partial charge in [0, 0.05) is 24.0 Å². The summed E-state index contributed by atoms with van der Waals surface area (Å²) in [6, 6.07) is 6.89. The average molecular weight is 362 g/mol. The molecule has 0 bridgehead atoms. The second kappa shape index (κ2) is 7.20. The molecule has 0 unspecified atom stereocenters. The minimum Gasteiger partial charge on any atom is -0.351 e. The maximum atomic E-state index is 12.9. The van der Waals surface area contributed by atoms with Gasteiger partial charge in [-0.3, -0.25) is 4.79 Å². The number of carbonyl (C=O) groups is 1. The molecule has 1 N–H and O–H groups in total. The van der Waals surface area contributed by atoms with Crippen LogP contribution in [0.2, 0.25) is 0 Å². The van der Waals surface area contributed by atoms with Gasteiger partial charge in [0.2, 0.25) is 0 Å². The van der Waals surface area contributed by atoms with Crippen molar-refractivity contribution < 1.29 is 13.2 Å². The Balaban J connectivity index is 1.93. The lowest BCUT2D eigenvalue weighted by atomic mass is 10.0. The molecule has 0 spiro atoms. The maximum Gasteiger partial charge on any atom is 0.270 e. The molecular weight excluding hydrogens is 336 g/mol. The second-order valence-corrected chi connectivity index (χ2v) is 8.94. The normalized spacial score (nSPS) is 16.2. The molecule has 1 fully saturated rings. The summed E-state index contributed by atoms with van der Waals surface area (Å²) >= 11 is 0. The smallest absolute Gasteiger partial charge is 0.270 e. The van der Waals surface area contributed by atoms with Crippen LogP contribution in [0.15, 0.2) is 29.2 Å². The van der Waals surface area contributed by atoms with Gasteiger partial charge in [0.05, 0.1) is 10.1 Å². The number of fused-ring (bicyclic) bond motifs is 1. The van der Waals surface area contributed by atoms with E-state index in [0.29, 0.717) is 23.7 Å². The molecule has 1 aromatic heterocycles. The van der Waals surface area contributed by atoms with E-state index >= 15 is 0 Å². The number of hydrogen-bond acceptors (Lipinski definition) is 3. The van der Waals surface area contributed by atoms with Gasteiger partial charge in [-0.1, -0.05) is 19.3 Å². The molecule has 5 nitrogen and oxygen atoms in total. The highest BCUT2D eigenvalue weighted by Gasteiger charge is 2.29. The van der Waals surface area contributed by atoms with E-state index in [9.17, 15) is 13.2 Å². The summed E-state index contributed by atoms with van der Waals surface area (Å²) in [5, 5.41) is 0.502. The van der Waals surface area contributed by atoms with Gasteiger partial charge in [0.15, 0.2) is 9.84 Å². The minimum atomic E-state index is -3.30. The van der Waals surface area contributed by atoms with E-state index in [4.69, 9.17) is 0 Å². The predicted molar refractivity (Wildman–Crippen MR) is 99.6 cm³/mol. The average Bonchev–Trinajstić information content (AvgIpc) is 3.06. The summed E-state index contributed by atoms with van der Waals surface area (Å²) in [6.07, 6.45) is 4.59. The third kappa shape index (κ3) is 3.45. The van der Waals surface area contributed by atoms with Crippen LogP contribution in [0.5, 0.6) is 0 Å². The number of nitrogens with one attached hydrogen (secondary N) is 1. The van der Waals surface area contributed by atoms with Crippen LogP contribution in [0.4, 0.5) is 0 Å². The van der Waals surface area contributed by atoms with Gasteiger partial charge in [0.1, 0.15) is 5.69 Å². The number of nitrogens with zero attached hydrogens (tertiary/aromatic N) is 1. The van der Waals surface area contributed by atoms with Crippen LogP contribution in [-0.2, 0) is 9.84 Å². The Morgan fingerprint density at radius 1 is 1.12 bits per heavy atom. The summed E-state index contributed by atoms with van der Waals surface area (Å²) in [5.74, 6) is -0.0575. The second-order valence-electron chi connectivity index (χ2n) is 6.71. The molecule has 0 radical (unpaired) electrons. The molecule has 1 aliphatic rings. The van der Waals surface area contributed by atoms with E-state index < -0.39 is 9.84 Å². The van der Waals surface area contributed by atoms with Crippen LogP contribution in [0.1, 0.15) is 56.4 Å². The van der Waals surface area contributed by atoms with Crippen LogP contribution in [-0.4, -0.2) is 42.5 Å². The molecule has 1 heterocycles. The third-order valence-corrected chi connectivity index (χ3v) is 7.45. The number of aromatic amines is 1. The molecule has 0 atom stereocenters. The first-order valence-electron chi connectivity index (χ1n) is 9.13. The summed E-state index contributed by atoms with van der Waals surface area (Å²) in [4.78, 5) is 17.7. The topological polar surface area (TPSA) is 70.2 Å². The molecule has 1 aromatic carbocycles. The number of hydrogen-bond donors (Lipinski definition) is 1. The van der Waals surface area contributed by atoms with E-state index in [2.05, 4.69) is 4.98 Å². The molecule has 1 saturated carbocycles. The van der Waals surface area contributed by atoms with Gasteiger partial charge in [-0.15, -0.1) is 0 Å². The van der Waals surface area contributed by atoms with Gasteiger partial charge in [-0.2, -0.15) is 0 Å². The van der Waals surface area contributed by atoms with Gasteiger partial charge in [-0.25, -0.2) is 8.42 Å². The number of H-pyrrole nitrogens is 1. The fourth-order valence-corrected chi connectivity index (χ4v) is 5.54. The molecule has 3 rings (SSSR count). The maximum absolute atomic E-state index is 12.9. The Hall–Kier alpha value is -1.82. The first kappa shape index (κ1) is 18.0. The van der Waals surface area contributed by atoms with Gasteiger partial charge >= 0.3 is 0 Å². The van der Waals surface area contributed by atoms with Crippen LogP contribution < -0.4 is 0 Å². The van der Waals surface area contributed by atoms with Crippen LogP contribution in [0, 0.1) is 0 Å². The van der Waals surface area contributed by atoms with Gasteiger partial charge in [-0.05, 0) is 51.0 Å². The number of carbonyl (C=O) groups excluding carboxylic acids is 1. The van der Waals surface area contributed by atoms with Crippen LogP contribution in [0.3, 0.4) is 0 Å². The molecule has 25 heavy (non-hydrogen) atoms. The molecule has 0 aliphatic heterocycles. The summed E-state index contributed by atoms with van der Waals surface area (Å²) < 4.78 is 25.8. The number of benzene rings is 1. The zero-order valence-corrected chi connectivity index (χ0v) is 15.7. The standard InChI is InChI=1S/C19H26N2O3S/c1-3-21(4-2)19(22)18-13-14-12-16(10-11-17(14)20-18)25(23,24)15-8-6-5-7-9-15/h10-13,15,20H,3-9H2,1-2H3. The SMILES string of the molecule is CCN(CC)C(=O)c1cc2cc(S(=O)(=O)C3CCCCC3)ccc2[nH]1. The zero-order valence-electron chi connectivity index (χ0n) is 14.9. The Bertz CT molecular complexity index is 860. The van der Waals surface area contributed by atoms with Crippen molar-refractivity contribution in [2.45, 2.75) is 56.1 Å². The van der Waals surface area contributed by atoms with Gasteiger partial charge in [0.25, 0.3) is 5.91 Å². The van der Waals surface area contributed by atoms with Crippen molar-refractivity contribution in [3.63, 3.8) is 0 Å². The predicted octanol–water partition coefficient (Wildman–Crippen LogP) is 3.76. The van der Waals surface area contributed by atoms with E-state index in [1.807, 2.05) is 13.8 Å². The lowest BCUT2D eigenvalue weighted by Crippen LogP contribution is -2.30. The van der Waals surface area contributed by atoms with Crippen molar-refractivity contribution >= 4 is 26.6 Å². The van der Waals surface area contributed by atoms with Crippen molar-refractivity contribution in [3.05, 3.63) is 30.0 Å². The highest BCUT2D eigenvalue weighted by atomic mass is 32.2. The Morgan fingerprint density at radius 2 is 1.80 bits per heavy atom. The number of rotatable bonds is 5.